The van der Waals surface area contributed by atoms with E-state index in [1.54, 1.807) is 0 Å². The van der Waals surface area contributed by atoms with Crippen molar-refractivity contribution in [2.75, 3.05) is 5.84 Å². The average Bonchev–Trinajstić information content (AvgIpc) is 3.94. The maximum Gasteiger partial charge on any atom is 0.0709 e. The molecule has 0 bridgehead atoms. The van der Waals surface area contributed by atoms with Crippen LogP contribution < -0.4 is 5.84 Å². The summed E-state index contributed by atoms with van der Waals surface area (Å²) in [5, 5.41) is 8.59. The van der Waals surface area contributed by atoms with Crippen molar-refractivity contribution in [2.45, 2.75) is 12.8 Å². The van der Waals surface area contributed by atoms with Crippen LogP contribution in [0.1, 0.15) is 24.1 Å². The highest BCUT2D eigenvalue weighted by Crippen LogP contribution is 2.48. The zero-order valence-electron chi connectivity index (χ0n) is 33.6. The standard InChI is InChI=1S/C57H40N4/c1-35-43-19-10-9-14-39(43)33-47-46-27-23-40(34-54(46)60(57(35)47)42-17-6-3-7-18-42)45-21-12-22-53-56(45)49-32-38(26-29-51(49)61(53)58)37-25-28-50-48(31-37)55-44-20-11-8-13-36(44)24-30-52(55)59(50)41-15-4-2-5-16-41/h2-35,43H,58H2,1H3. The third-order valence-electron chi connectivity index (χ3n) is 13.6. The van der Waals surface area contributed by atoms with Gasteiger partial charge in [0.05, 0.1) is 27.6 Å². The van der Waals surface area contributed by atoms with E-state index in [-0.39, 0.29) is 0 Å². The zero-order chi connectivity index (χ0) is 40.3. The van der Waals surface area contributed by atoms with Crippen LogP contribution in [0.4, 0.5) is 0 Å². The van der Waals surface area contributed by atoms with Gasteiger partial charge in [-0.1, -0.05) is 134 Å². The fraction of sp³-hybridized carbons (Fsp3) is 0.0526. The SMILES string of the molecule is CC1c2c(c3ccc(-c4cccc5c4c4cc(-c6ccc7c(c6)c6c8ccccc8ccc6n7-c6ccccc6)ccc4n5N)cc3n2-c2ccccc2)C=C2C=CC=CC21. The van der Waals surface area contributed by atoms with E-state index in [4.69, 9.17) is 5.84 Å². The quantitative estimate of drug-likeness (QED) is 0.178. The van der Waals surface area contributed by atoms with Crippen LogP contribution in [0.5, 0.6) is 0 Å². The zero-order valence-corrected chi connectivity index (χ0v) is 33.6. The van der Waals surface area contributed by atoms with Crippen molar-refractivity contribution in [3.63, 3.8) is 0 Å². The molecule has 2 atom stereocenters. The Morgan fingerprint density at radius 3 is 1.97 bits per heavy atom. The van der Waals surface area contributed by atoms with E-state index in [0.717, 1.165) is 33.1 Å². The number of allylic oxidation sites excluding steroid dienone is 5. The predicted octanol–water partition coefficient (Wildman–Crippen LogP) is 14.3. The minimum atomic E-state index is 0.317. The summed E-state index contributed by atoms with van der Waals surface area (Å²) in [4.78, 5) is 0. The van der Waals surface area contributed by atoms with E-state index in [9.17, 15) is 0 Å². The molecule has 0 saturated carbocycles. The second-order valence-electron chi connectivity index (χ2n) is 16.8. The summed E-state index contributed by atoms with van der Waals surface area (Å²) in [7, 11) is 0. The van der Waals surface area contributed by atoms with Crippen LogP contribution in [0.3, 0.4) is 0 Å². The summed E-state index contributed by atoms with van der Waals surface area (Å²) < 4.78 is 6.77. The molecule has 4 nitrogen and oxygen atoms in total. The van der Waals surface area contributed by atoms with Gasteiger partial charge in [-0.05, 0) is 111 Å². The molecule has 0 saturated heterocycles. The number of nitrogens with zero attached hydrogens (tertiary/aromatic N) is 3. The second kappa shape index (κ2) is 12.8. The molecule has 0 aliphatic heterocycles. The van der Waals surface area contributed by atoms with Crippen molar-refractivity contribution in [3.8, 4) is 33.6 Å². The van der Waals surface area contributed by atoms with Gasteiger partial charge >= 0.3 is 0 Å². The lowest BCUT2D eigenvalue weighted by Gasteiger charge is -2.30. The summed E-state index contributed by atoms with van der Waals surface area (Å²) in [6.07, 6.45) is 11.4. The Hall–Kier alpha value is -7.82. The number of hydrogen-bond acceptors (Lipinski definition) is 1. The molecule has 11 aromatic rings. The van der Waals surface area contributed by atoms with E-state index in [1.807, 2.05) is 4.68 Å². The van der Waals surface area contributed by atoms with Gasteiger partial charge in [0.25, 0.3) is 0 Å². The summed E-state index contributed by atoms with van der Waals surface area (Å²) >= 11 is 0. The highest BCUT2D eigenvalue weighted by molar-refractivity contribution is 6.22. The number of rotatable bonds is 4. The lowest BCUT2D eigenvalue weighted by molar-refractivity contribution is 0.593. The van der Waals surface area contributed by atoms with E-state index < -0.39 is 0 Å². The molecule has 8 aromatic carbocycles. The van der Waals surface area contributed by atoms with E-state index >= 15 is 0 Å². The molecule has 288 valence electrons. The van der Waals surface area contributed by atoms with Gasteiger partial charge in [0.1, 0.15) is 0 Å². The van der Waals surface area contributed by atoms with Crippen molar-refractivity contribution in [3.05, 3.63) is 211 Å². The molecule has 2 unspecified atom stereocenters. The smallest absolute Gasteiger partial charge is 0.0709 e. The minimum absolute atomic E-state index is 0.317. The number of hydrogen-bond donors (Lipinski definition) is 1. The fourth-order valence-corrected chi connectivity index (χ4v) is 10.8. The van der Waals surface area contributed by atoms with Crippen LogP contribution in [-0.2, 0) is 0 Å². The van der Waals surface area contributed by atoms with Crippen LogP contribution in [-0.4, -0.2) is 13.8 Å². The summed E-state index contributed by atoms with van der Waals surface area (Å²) in [5.41, 5.74) is 16.7. The molecule has 0 spiro atoms. The Labute approximate surface area is 353 Å². The first-order valence-electron chi connectivity index (χ1n) is 21.3. The maximum absolute atomic E-state index is 6.98. The van der Waals surface area contributed by atoms with Gasteiger partial charge in [-0.25, -0.2) is 0 Å². The van der Waals surface area contributed by atoms with Crippen molar-refractivity contribution in [2.24, 2.45) is 5.92 Å². The first kappa shape index (κ1) is 34.1. The van der Waals surface area contributed by atoms with E-state index in [0.29, 0.717) is 11.8 Å². The largest absolute Gasteiger partial charge is 0.339 e. The number of aromatic nitrogens is 3. The molecule has 3 aromatic heterocycles. The molecule has 3 heterocycles. The molecule has 61 heavy (non-hydrogen) atoms. The average molecular weight is 781 g/mol. The van der Waals surface area contributed by atoms with E-state index in [1.165, 1.54) is 82.7 Å². The molecule has 13 rings (SSSR count). The van der Waals surface area contributed by atoms with Crippen molar-refractivity contribution < 1.29 is 0 Å². The Kier molecular flexibility index (Phi) is 7.17. The van der Waals surface area contributed by atoms with Crippen LogP contribution in [0, 0.1) is 5.92 Å². The van der Waals surface area contributed by atoms with Crippen molar-refractivity contribution >= 4 is 71.4 Å². The topological polar surface area (TPSA) is 40.8 Å². The van der Waals surface area contributed by atoms with Gasteiger partial charge in [-0.15, -0.1) is 0 Å². The third kappa shape index (κ3) is 4.87. The molecular formula is C57H40N4. The van der Waals surface area contributed by atoms with Gasteiger partial charge in [-0.2, -0.15) is 0 Å². The van der Waals surface area contributed by atoms with Crippen molar-refractivity contribution in [1.29, 1.82) is 0 Å². The Balaban J connectivity index is 1.02. The molecular weight excluding hydrogens is 741 g/mol. The first-order chi connectivity index (χ1) is 30.1. The highest BCUT2D eigenvalue weighted by Gasteiger charge is 2.32. The van der Waals surface area contributed by atoms with Crippen LogP contribution >= 0.6 is 0 Å². The van der Waals surface area contributed by atoms with Gasteiger partial charge < -0.3 is 15.0 Å². The van der Waals surface area contributed by atoms with E-state index in [2.05, 4.69) is 216 Å². The van der Waals surface area contributed by atoms with Crippen LogP contribution in [0.15, 0.2) is 200 Å². The third-order valence-corrected chi connectivity index (χ3v) is 13.6. The summed E-state index contributed by atoms with van der Waals surface area (Å²) in [6.45, 7) is 2.38. The molecule has 0 fully saturated rings. The molecule has 0 amide bonds. The minimum Gasteiger partial charge on any atom is -0.339 e. The summed E-state index contributed by atoms with van der Waals surface area (Å²) in [5.74, 6) is 7.65. The molecule has 2 aliphatic carbocycles. The maximum atomic E-state index is 6.98. The molecule has 4 heteroatoms. The van der Waals surface area contributed by atoms with Gasteiger partial charge in [0, 0.05) is 61.4 Å². The van der Waals surface area contributed by atoms with Crippen molar-refractivity contribution in [1.82, 2.24) is 13.8 Å². The van der Waals surface area contributed by atoms with Crippen LogP contribution in [0.2, 0.25) is 0 Å². The number of nitrogens with two attached hydrogens (primary N) is 1. The Bertz CT molecular complexity index is 3720. The highest BCUT2D eigenvalue weighted by atomic mass is 15.3. The lowest BCUT2D eigenvalue weighted by atomic mass is 9.76. The second-order valence-corrected chi connectivity index (χ2v) is 16.8. The number of para-hydroxylation sites is 2. The lowest BCUT2D eigenvalue weighted by Crippen LogP contribution is -2.18. The predicted molar refractivity (Wildman–Crippen MR) is 257 cm³/mol. The monoisotopic (exact) mass is 780 g/mol. The molecule has 0 radical (unpaired) electrons. The van der Waals surface area contributed by atoms with Gasteiger partial charge in [0.2, 0.25) is 0 Å². The number of fused-ring (bicyclic) bond motifs is 12. The number of benzene rings is 8. The number of nitrogen functional groups attached to an aromatic ring is 1. The Morgan fingerprint density at radius 1 is 0.475 bits per heavy atom. The summed E-state index contributed by atoms with van der Waals surface area (Å²) in [6, 6.07) is 62.1. The Morgan fingerprint density at radius 2 is 1.16 bits per heavy atom. The molecule has 2 aliphatic rings. The first-order valence-corrected chi connectivity index (χ1v) is 21.3. The van der Waals surface area contributed by atoms with Crippen LogP contribution in [0.25, 0.3) is 105 Å². The normalized spacial score (nSPS) is 16.0. The van der Waals surface area contributed by atoms with Gasteiger partial charge in [-0.3, -0.25) is 4.68 Å². The fourth-order valence-electron chi connectivity index (χ4n) is 10.8. The van der Waals surface area contributed by atoms with Gasteiger partial charge in [0.15, 0.2) is 0 Å². The molecule has 2 N–H and O–H groups in total.